The molecular weight excluding hydrogens is 392 g/mol. The molecule has 164 valence electrons. The fraction of sp³-hybridized carbons (Fsp3) is 0.476. The summed E-state index contributed by atoms with van der Waals surface area (Å²) in [5.41, 5.74) is 1.40. The number of urea groups is 1. The molecule has 1 heterocycles. The zero-order valence-corrected chi connectivity index (χ0v) is 17.7. The Bertz CT molecular complexity index is 820. The minimum absolute atomic E-state index is 0.126. The van der Waals surface area contributed by atoms with Gasteiger partial charge < -0.3 is 29.6 Å². The molecule has 0 aliphatic carbocycles. The molecule has 2 rings (SSSR count). The van der Waals surface area contributed by atoms with E-state index in [1.54, 1.807) is 33.3 Å². The van der Waals surface area contributed by atoms with Crippen molar-refractivity contribution in [3.8, 4) is 11.5 Å². The lowest BCUT2D eigenvalue weighted by Crippen LogP contribution is -2.51. The van der Waals surface area contributed by atoms with Gasteiger partial charge in [0, 0.05) is 6.42 Å². The summed E-state index contributed by atoms with van der Waals surface area (Å²) in [5, 5.41) is 5.22. The molecule has 0 bridgehead atoms. The first-order chi connectivity index (χ1) is 14.4. The van der Waals surface area contributed by atoms with E-state index in [0.29, 0.717) is 24.3 Å². The van der Waals surface area contributed by atoms with Crippen LogP contribution in [-0.4, -0.2) is 51.4 Å². The quantitative estimate of drug-likeness (QED) is 0.557. The Morgan fingerprint density at radius 3 is 2.43 bits per heavy atom. The Morgan fingerprint density at radius 1 is 1.07 bits per heavy atom. The number of benzene rings is 1. The number of hydrogen-bond acceptors (Lipinski definition) is 7. The smallest absolute Gasteiger partial charge is 0.338 e. The third-order valence-corrected chi connectivity index (χ3v) is 4.59. The van der Waals surface area contributed by atoms with Crippen molar-refractivity contribution in [2.24, 2.45) is 0 Å². The average Bonchev–Trinajstić information content (AvgIpc) is 2.75. The Labute approximate surface area is 175 Å². The predicted molar refractivity (Wildman–Crippen MR) is 108 cm³/mol. The fourth-order valence-electron chi connectivity index (χ4n) is 3.08. The van der Waals surface area contributed by atoms with Crippen LogP contribution in [0.4, 0.5) is 4.79 Å². The Hall–Kier alpha value is -3.23. The lowest BCUT2D eigenvalue weighted by molar-refractivity contribution is -0.143. The van der Waals surface area contributed by atoms with Crippen molar-refractivity contribution in [2.45, 2.75) is 39.2 Å². The molecule has 0 saturated carbocycles. The van der Waals surface area contributed by atoms with Gasteiger partial charge in [0.05, 0.1) is 38.1 Å². The van der Waals surface area contributed by atoms with Gasteiger partial charge in [0.2, 0.25) is 0 Å². The predicted octanol–water partition coefficient (Wildman–Crippen LogP) is 2.09. The van der Waals surface area contributed by atoms with Gasteiger partial charge in [0.15, 0.2) is 11.5 Å². The van der Waals surface area contributed by atoms with Gasteiger partial charge in [-0.3, -0.25) is 4.79 Å². The molecule has 30 heavy (non-hydrogen) atoms. The number of carbonyl (C=O) groups excluding carboxylic acids is 3. The molecule has 2 N–H and O–H groups in total. The van der Waals surface area contributed by atoms with Crippen molar-refractivity contribution >= 4 is 18.0 Å². The molecule has 0 saturated heterocycles. The van der Waals surface area contributed by atoms with Gasteiger partial charge in [-0.05, 0) is 37.5 Å². The molecule has 0 spiro atoms. The number of nitrogens with one attached hydrogen (secondary N) is 2. The molecule has 9 heteroatoms. The Morgan fingerprint density at radius 2 is 1.80 bits per heavy atom. The summed E-state index contributed by atoms with van der Waals surface area (Å²) >= 11 is 0. The highest BCUT2D eigenvalue weighted by Crippen LogP contribution is 2.28. The van der Waals surface area contributed by atoms with E-state index >= 15 is 0 Å². The molecule has 0 unspecified atom stereocenters. The lowest BCUT2D eigenvalue weighted by atomic mass is 10.0. The van der Waals surface area contributed by atoms with Crippen LogP contribution in [0.25, 0.3) is 0 Å². The van der Waals surface area contributed by atoms with E-state index in [1.165, 1.54) is 0 Å². The summed E-state index contributed by atoms with van der Waals surface area (Å²) in [4.78, 5) is 36.4. The summed E-state index contributed by atoms with van der Waals surface area (Å²) in [5.74, 6) is 0.180. The fourth-order valence-corrected chi connectivity index (χ4v) is 3.08. The lowest BCUT2D eigenvalue weighted by Gasteiger charge is -2.28. The highest BCUT2D eigenvalue weighted by molar-refractivity contribution is 5.94. The van der Waals surface area contributed by atoms with Crippen molar-refractivity contribution in [1.82, 2.24) is 10.6 Å². The SMILES string of the molecule is CCOC(=O)C1=C(COC(=O)CCc2ccc(OC)c(OC)c2)NC(=O)N[C@@H]1CC. The van der Waals surface area contributed by atoms with Gasteiger partial charge in [0.25, 0.3) is 0 Å². The van der Waals surface area contributed by atoms with Gasteiger partial charge in [-0.1, -0.05) is 13.0 Å². The van der Waals surface area contributed by atoms with Crippen LogP contribution < -0.4 is 20.1 Å². The second kappa shape index (κ2) is 11.1. The molecule has 9 nitrogen and oxygen atoms in total. The third-order valence-electron chi connectivity index (χ3n) is 4.59. The standard InChI is InChI=1S/C21H28N2O7/c1-5-14-19(20(25)29-6-2)15(23-21(26)22-14)12-30-18(24)10-8-13-7-9-16(27-3)17(11-13)28-4/h7,9,11,14H,5-6,8,10,12H2,1-4H3,(H2,22,23,26)/t14-/m1/s1. The minimum atomic E-state index is -0.548. The molecule has 1 atom stereocenters. The van der Waals surface area contributed by atoms with E-state index in [9.17, 15) is 14.4 Å². The molecule has 2 amide bonds. The van der Waals surface area contributed by atoms with Crippen LogP contribution in [0.3, 0.4) is 0 Å². The van der Waals surface area contributed by atoms with Crippen molar-refractivity contribution in [3.63, 3.8) is 0 Å². The minimum Gasteiger partial charge on any atom is -0.493 e. The third kappa shape index (κ3) is 5.88. The van der Waals surface area contributed by atoms with Crippen LogP contribution in [-0.2, 0) is 25.5 Å². The number of hydrogen-bond donors (Lipinski definition) is 2. The Balaban J connectivity index is 2.02. The van der Waals surface area contributed by atoms with E-state index in [4.69, 9.17) is 18.9 Å². The maximum Gasteiger partial charge on any atom is 0.338 e. The largest absolute Gasteiger partial charge is 0.493 e. The van der Waals surface area contributed by atoms with Gasteiger partial charge in [0.1, 0.15) is 6.61 Å². The number of methoxy groups -OCH3 is 2. The van der Waals surface area contributed by atoms with Crippen LogP contribution in [0, 0.1) is 0 Å². The number of ether oxygens (including phenoxy) is 4. The molecule has 1 aliphatic rings. The number of carbonyl (C=O) groups is 3. The topological polar surface area (TPSA) is 112 Å². The van der Waals surface area contributed by atoms with E-state index in [0.717, 1.165) is 5.56 Å². The van der Waals surface area contributed by atoms with Gasteiger partial charge in [-0.25, -0.2) is 9.59 Å². The molecule has 1 aromatic carbocycles. The first-order valence-electron chi connectivity index (χ1n) is 9.77. The van der Waals surface area contributed by atoms with Gasteiger partial charge in [-0.15, -0.1) is 0 Å². The second-order valence-electron chi connectivity index (χ2n) is 6.52. The van der Waals surface area contributed by atoms with Crippen molar-refractivity contribution in [2.75, 3.05) is 27.4 Å². The highest BCUT2D eigenvalue weighted by Gasteiger charge is 2.31. The molecule has 1 aliphatic heterocycles. The van der Waals surface area contributed by atoms with Crippen LogP contribution in [0.5, 0.6) is 11.5 Å². The summed E-state index contributed by atoms with van der Waals surface area (Å²) in [6.07, 6.45) is 1.06. The van der Waals surface area contributed by atoms with E-state index < -0.39 is 24.0 Å². The maximum absolute atomic E-state index is 12.3. The summed E-state index contributed by atoms with van der Waals surface area (Å²) < 4.78 is 20.8. The highest BCUT2D eigenvalue weighted by atomic mass is 16.5. The number of esters is 2. The van der Waals surface area contributed by atoms with Crippen molar-refractivity contribution in [3.05, 3.63) is 35.0 Å². The average molecular weight is 420 g/mol. The normalized spacial score (nSPS) is 15.7. The summed E-state index contributed by atoms with van der Waals surface area (Å²) in [6.45, 7) is 3.51. The van der Waals surface area contributed by atoms with Crippen LogP contribution in [0.1, 0.15) is 32.3 Å². The first kappa shape index (κ1) is 23.1. The van der Waals surface area contributed by atoms with Gasteiger partial charge >= 0.3 is 18.0 Å². The number of amides is 2. The number of aryl methyl sites for hydroxylation is 1. The second-order valence-corrected chi connectivity index (χ2v) is 6.52. The molecule has 1 aromatic rings. The molecule has 0 fully saturated rings. The van der Waals surface area contributed by atoms with Crippen molar-refractivity contribution in [1.29, 1.82) is 0 Å². The Kier molecular flexibility index (Phi) is 8.52. The molecular formula is C21H28N2O7. The zero-order chi connectivity index (χ0) is 22.1. The first-order valence-corrected chi connectivity index (χ1v) is 9.77. The van der Waals surface area contributed by atoms with Crippen LogP contribution >= 0.6 is 0 Å². The zero-order valence-electron chi connectivity index (χ0n) is 17.7. The van der Waals surface area contributed by atoms with Crippen LogP contribution in [0.2, 0.25) is 0 Å². The van der Waals surface area contributed by atoms with Crippen molar-refractivity contribution < 1.29 is 33.3 Å². The van der Waals surface area contributed by atoms with Gasteiger partial charge in [-0.2, -0.15) is 0 Å². The molecule has 0 radical (unpaired) electrons. The van der Waals surface area contributed by atoms with Crippen LogP contribution in [0.15, 0.2) is 29.5 Å². The molecule has 0 aromatic heterocycles. The monoisotopic (exact) mass is 420 g/mol. The number of rotatable bonds is 10. The maximum atomic E-state index is 12.3. The van der Waals surface area contributed by atoms with E-state index in [-0.39, 0.29) is 30.9 Å². The summed E-state index contributed by atoms with van der Waals surface area (Å²) in [6, 6.07) is 4.46. The summed E-state index contributed by atoms with van der Waals surface area (Å²) in [7, 11) is 3.10. The van der Waals surface area contributed by atoms with E-state index in [2.05, 4.69) is 10.6 Å². The van der Waals surface area contributed by atoms with E-state index in [1.807, 2.05) is 13.0 Å².